The highest BCUT2D eigenvalue weighted by atomic mass is 79.9. The molecule has 0 aliphatic heterocycles. The molecule has 0 aliphatic rings. The van der Waals surface area contributed by atoms with Gasteiger partial charge in [-0.3, -0.25) is 9.59 Å². The minimum absolute atomic E-state index is 0.212. The molecule has 0 saturated heterocycles. The summed E-state index contributed by atoms with van der Waals surface area (Å²) in [6, 6.07) is 14.3. The Kier molecular flexibility index (Phi) is 5.49. The summed E-state index contributed by atoms with van der Waals surface area (Å²) in [5, 5.41) is 0. The van der Waals surface area contributed by atoms with Gasteiger partial charge in [0.05, 0.1) is 5.56 Å². The fourth-order valence-corrected chi connectivity index (χ4v) is 2.23. The van der Waals surface area contributed by atoms with Crippen molar-refractivity contribution in [3.63, 3.8) is 0 Å². The molecule has 0 aliphatic carbocycles. The summed E-state index contributed by atoms with van der Waals surface area (Å²) in [6.45, 7) is -0.266. The van der Waals surface area contributed by atoms with Crippen LogP contribution in [0.2, 0.25) is 0 Å². The van der Waals surface area contributed by atoms with Crippen molar-refractivity contribution in [1.29, 1.82) is 0 Å². The van der Waals surface area contributed by atoms with Crippen LogP contribution in [-0.2, 0) is 4.79 Å². The van der Waals surface area contributed by atoms with Crippen LogP contribution >= 0.6 is 15.9 Å². The summed E-state index contributed by atoms with van der Waals surface area (Å²) >= 11 is 3.42. The molecule has 0 unspecified atom stereocenters. The number of amides is 1. The lowest BCUT2D eigenvalue weighted by molar-refractivity contribution is -0.119. The van der Waals surface area contributed by atoms with E-state index in [4.69, 9.17) is 10.5 Å². The van der Waals surface area contributed by atoms with Crippen molar-refractivity contribution >= 4 is 33.7 Å². The summed E-state index contributed by atoms with van der Waals surface area (Å²) in [6.07, 6.45) is 3.18. The van der Waals surface area contributed by atoms with Crippen LogP contribution in [0.3, 0.4) is 0 Å². The fourth-order valence-electron chi connectivity index (χ4n) is 1.81. The molecule has 0 saturated carbocycles. The van der Waals surface area contributed by atoms with Crippen molar-refractivity contribution < 1.29 is 14.3 Å². The molecule has 22 heavy (non-hydrogen) atoms. The monoisotopic (exact) mass is 359 g/mol. The Bertz CT molecular complexity index is 725. The Morgan fingerprint density at radius 1 is 1.09 bits per heavy atom. The summed E-state index contributed by atoms with van der Waals surface area (Å²) in [5.74, 6) is -0.468. The highest BCUT2D eigenvalue weighted by Crippen LogP contribution is 2.21. The van der Waals surface area contributed by atoms with E-state index in [1.807, 2.05) is 24.3 Å². The van der Waals surface area contributed by atoms with Crippen LogP contribution in [0.4, 0.5) is 0 Å². The van der Waals surface area contributed by atoms with Gasteiger partial charge in [-0.05, 0) is 35.9 Å². The number of hydrogen-bond acceptors (Lipinski definition) is 3. The van der Waals surface area contributed by atoms with E-state index in [0.717, 1.165) is 10.0 Å². The van der Waals surface area contributed by atoms with Crippen LogP contribution in [0.5, 0.6) is 5.75 Å². The van der Waals surface area contributed by atoms with Gasteiger partial charge in [-0.15, -0.1) is 0 Å². The van der Waals surface area contributed by atoms with Gasteiger partial charge in [0.1, 0.15) is 5.75 Å². The number of primary amides is 1. The van der Waals surface area contributed by atoms with Gasteiger partial charge in [-0.1, -0.05) is 46.3 Å². The largest absolute Gasteiger partial charge is 0.483 e. The summed E-state index contributed by atoms with van der Waals surface area (Å²) in [4.78, 5) is 23.1. The lowest BCUT2D eigenvalue weighted by Crippen LogP contribution is -2.20. The quantitative estimate of drug-likeness (QED) is 0.635. The topological polar surface area (TPSA) is 69.4 Å². The normalized spacial score (nSPS) is 10.6. The van der Waals surface area contributed by atoms with E-state index in [1.165, 1.54) is 6.08 Å². The minimum atomic E-state index is -0.592. The number of ether oxygens (including phenoxy) is 1. The zero-order valence-electron chi connectivity index (χ0n) is 11.7. The van der Waals surface area contributed by atoms with Crippen molar-refractivity contribution in [1.82, 2.24) is 0 Å². The van der Waals surface area contributed by atoms with E-state index in [1.54, 1.807) is 30.3 Å². The van der Waals surface area contributed by atoms with Crippen LogP contribution < -0.4 is 10.5 Å². The summed E-state index contributed by atoms with van der Waals surface area (Å²) < 4.78 is 6.16. The van der Waals surface area contributed by atoms with E-state index >= 15 is 0 Å². The predicted octanol–water partition coefficient (Wildman–Crippen LogP) is 3.21. The molecule has 0 fully saturated rings. The Labute approximate surface area is 136 Å². The van der Waals surface area contributed by atoms with Gasteiger partial charge < -0.3 is 10.5 Å². The lowest BCUT2D eigenvalue weighted by atomic mass is 10.1. The Morgan fingerprint density at radius 3 is 2.50 bits per heavy atom. The molecule has 0 atom stereocenters. The van der Waals surface area contributed by atoms with Crippen molar-refractivity contribution in [2.75, 3.05) is 6.61 Å². The van der Waals surface area contributed by atoms with Crippen LogP contribution in [-0.4, -0.2) is 18.3 Å². The SMILES string of the molecule is NC(=O)COc1ccccc1C(=O)/C=C/c1ccccc1Br. The molecule has 0 aromatic heterocycles. The number of hydrogen-bond donors (Lipinski definition) is 1. The first-order chi connectivity index (χ1) is 10.6. The second-order valence-electron chi connectivity index (χ2n) is 4.47. The number of halogens is 1. The van der Waals surface area contributed by atoms with E-state index in [0.29, 0.717) is 11.3 Å². The number of carbonyl (C=O) groups is 2. The number of allylic oxidation sites excluding steroid dienone is 1. The van der Waals surface area contributed by atoms with Crippen LogP contribution in [0, 0.1) is 0 Å². The van der Waals surface area contributed by atoms with Gasteiger partial charge in [0, 0.05) is 4.47 Å². The van der Waals surface area contributed by atoms with Crippen molar-refractivity contribution in [3.05, 3.63) is 70.2 Å². The predicted molar refractivity (Wildman–Crippen MR) is 88.6 cm³/mol. The molecule has 0 radical (unpaired) electrons. The number of benzene rings is 2. The van der Waals surface area contributed by atoms with Crippen molar-refractivity contribution in [3.8, 4) is 5.75 Å². The first-order valence-corrected chi connectivity index (χ1v) is 7.34. The van der Waals surface area contributed by atoms with E-state index < -0.39 is 5.91 Å². The van der Waals surface area contributed by atoms with Crippen molar-refractivity contribution in [2.45, 2.75) is 0 Å². The Hall–Kier alpha value is -2.40. The summed E-state index contributed by atoms with van der Waals surface area (Å²) in [7, 11) is 0. The van der Waals surface area contributed by atoms with Gasteiger partial charge >= 0.3 is 0 Å². The highest BCUT2D eigenvalue weighted by molar-refractivity contribution is 9.10. The standard InChI is InChI=1S/C17H14BrNO3/c18-14-7-3-1-5-12(14)9-10-15(20)13-6-2-4-8-16(13)22-11-17(19)21/h1-10H,11H2,(H2,19,21)/b10-9+. The molecule has 4 nitrogen and oxygen atoms in total. The molecule has 0 heterocycles. The first kappa shape index (κ1) is 16.0. The average molecular weight is 360 g/mol. The van der Waals surface area contributed by atoms with Crippen molar-refractivity contribution in [2.24, 2.45) is 5.73 Å². The average Bonchev–Trinajstić information content (AvgIpc) is 2.52. The summed E-state index contributed by atoms with van der Waals surface area (Å²) in [5.41, 5.74) is 6.33. The van der Waals surface area contributed by atoms with Crippen LogP contribution in [0.25, 0.3) is 6.08 Å². The maximum absolute atomic E-state index is 12.3. The number of para-hydroxylation sites is 1. The minimum Gasteiger partial charge on any atom is -0.483 e. The molecule has 0 bridgehead atoms. The van der Waals surface area contributed by atoms with Gasteiger partial charge in [0.15, 0.2) is 12.4 Å². The fraction of sp³-hybridized carbons (Fsp3) is 0.0588. The lowest BCUT2D eigenvalue weighted by Gasteiger charge is -2.07. The zero-order chi connectivity index (χ0) is 15.9. The molecule has 5 heteroatoms. The highest BCUT2D eigenvalue weighted by Gasteiger charge is 2.10. The maximum Gasteiger partial charge on any atom is 0.255 e. The molecule has 0 spiro atoms. The molecular weight excluding hydrogens is 346 g/mol. The zero-order valence-corrected chi connectivity index (χ0v) is 13.2. The number of carbonyl (C=O) groups excluding carboxylic acids is 2. The third-order valence-electron chi connectivity index (χ3n) is 2.84. The molecule has 112 valence electrons. The van der Waals surface area contributed by atoms with Gasteiger partial charge in [-0.2, -0.15) is 0 Å². The molecular formula is C17H14BrNO3. The first-order valence-electron chi connectivity index (χ1n) is 6.55. The maximum atomic E-state index is 12.3. The molecule has 2 rings (SSSR count). The third kappa shape index (κ3) is 4.30. The van der Waals surface area contributed by atoms with Crippen LogP contribution in [0.15, 0.2) is 59.1 Å². The Morgan fingerprint density at radius 2 is 1.77 bits per heavy atom. The number of nitrogens with two attached hydrogens (primary N) is 1. The second kappa shape index (κ2) is 7.56. The van der Waals surface area contributed by atoms with Gasteiger partial charge in [0.2, 0.25) is 0 Å². The van der Waals surface area contributed by atoms with E-state index in [-0.39, 0.29) is 12.4 Å². The van der Waals surface area contributed by atoms with E-state index in [2.05, 4.69) is 15.9 Å². The number of rotatable bonds is 6. The van der Waals surface area contributed by atoms with Crippen LogP contribution in [0.1, 0.15) is 15.9 Å². The number of ketones is 1. The smallest absolute Gasteiger partial charge is 0.255 e. The van der Waals surface area contributed by atoms with Gasteiger partial charge in [0.25, 0.3) is 5.91 Å². The molecule has 1 amide bonds. The van der Waals surface area contributed by atoms with E-state index in [9.17, 15) is 9.59 Å². The third-order valence-corrected chi connectivity index (χ3v) is 3.56. The Balaban J connectivity index is 2.19. The second-order valence-corrected chi connectivity index (χ2v) is 5.32. The molecule has 2 N–H and O–H groups in total. The van der Waals surface area contributed by atoms with Gasteiger partial charge in [-0.25, -0.2) is 0 Å². The molecule has 2 aromatic carbocycles. The molecule has 2 aromatic rings.